The molecule has 3 heteroatoms. The van der Waals surface area contributed by atoms with Crippen LogP contribution in [0.25, 0.3) is 0 Å². The van der Waals surface area contributed by atoms with Gasteiger partial charge in [0.05, 0.1) is 0 Å². The van der Waals surface area contributed by atoms with E-state index in [0.717, 1.165) is 36.9 Å². The quantitative estimate of drug-likeness (QED) is 0.448. The van der Waals surface area contributed by atoms with Gasteiger partial charge in [-0.25, -0.2) is 0 Å². The number of nitrogens with two attached hydrogens (primary N) is 1. The minimum absolute atomic E-state index is 0.113. The summed E-state index contributed by atoms with van der Waals surface area (Å²) in [4.78, 5) is 11.1. The Morgan fingerprint density at radius 2 is 2.25 bits per heavy atom. The maximum atomic E-state index is 11.1. The van der Waals surface area contributed by atoms with E-state index >= 15 is 0 Å². The van der Waals surface area contributed by atoms with Gasteiger partial charge in [0.1, 0.15) is 6.10 Å². The molecule has 0 radical (unpaired) electrons. The summed E-state index contributed by atoms with van der Waals surface area (Å²) < 4.78 is 5.36. The molecule has 86 valence electrons. The van der Waals surface area contributed by atoms with E-state index in [2.05, 4.69) is 0 Å². The molecule has 0 aliphatic heterocycles. The smallest absolute Gasteiger partial charge is 0.303 e. The van der Waals surface area contributed by atoms with Gasteiger partial charge in [-0.1, -0.05) is 6.07 Å². The van der Waals surface area contributed by atoms with Crippen molar-refractivity contribution in [2.75, 3.05) is 5.73 Å². The summed E-state index contributed by atoms with van der Waals surface area (Å²) in [5.74, 6) is -0.222. The van der Waals surface area contributed by atoms with Gasteiger partial charge in [-0.05, 0) is 48.9 Å². The van der Waals surface area contributed by atoms with Crippen molar-refractivity contribution in [2.45, 2.75) is 38.7 Å². The number of hydrogen-bond acceptors (Lipinski definition) is 3. The fourth-order valence-electron chi connectivity index (χ4n) is 2.26. The Morgan fingerprint density at radius 1 is 1.44 bits per heavy atom. The zero-order valence-corrected chi connectivity index (χ0v) is 9.53. The summed E-state index contributed by atoms with van der Waals surface area (Å²) in [6, 6.07) is 5.90. The summed E-state index contributed by atoms with van der Waals surface area (Å²) in [5.41, 5.74) is 8.87. The molecule has 0 aromatic heterocycles. The molecule has 2 N–H and O–H groups in total. The molecule has 1 aliphatic rings. The van der Waals surface area contributed by atoms with Gasteiger partial charge >= 0.3 is 5.97 Å². The summed E-state index contributed by atoms with van der Waals surface area (Å²) in [5, 5.41) is 0. The minimum atomic E-state index is -0.222. The molecule has 0 saturated heterocycles. The van der Waals surface area contributed by atoms with Gasteiger partial charge in [-0.2, -0.15) is 0 Å². The van der Waals surface area contributed by atoms with E-state index in [1.165, 1.54) is 12.5 Å². The van der Waals surface area contributed by atoms with Crippen molar-refractivity contribution in [2.24, 2.45) is 0 Å². The molecule has 2 rings (SSSR count). The van der Waals surface area contributed by atoms with E-state index in [4.69, 9.17) is 10.5 Å². The number of ether oxygens (including phenoxy) is 1. The van der Waals surface area contributed by atoms with Gasteiger partial charge in [-0.3, -0.25) is 4.79 Å². The number of fused-ring (bicyclic) bond motifs is 1. The number of benzene rings is 1. The molecule has 0 heterocycles. The highest BCUT2D eigenvalue weighted by molar-refractivity contribution is 5.66. The third-order valence-electron chi connectivity index (χ3n) is 2.99. The van der Waals surface area contributed by atoms with Crippen LogP contribution in [0.2, 0.25) is 0 Å². The van der Waals surface area contributed by atoms with Crippen LogP contribution in [-0.2, 0) is 16.0 Å². The third kappa shape index (κ3) is 2.35. The first kappa shape index (κ1) is 11.0. The van der Waals surface area contributed by atoms with E-state index in [9.17, 15) is 4.79 Å². The third-order valence-corrected chi connectivity index (χ3v) is 2.99. The van der Waals surface area contributed by atoms with Crippen molar-refractivity contribution in [3.63, 3.8) is 0 Å². The second-order valence-corrected chi connectivity index (χ2v) is 4.30. The van der Waals surface area contributed by atoms with Crippen LogP contribution in [0.15, 0.2) is 18.2 Å². The largest absolute Gasteiger partial charge is 0.458 e. The molecule has 1 aliphatic carbocycles. The van der Waals surface area contributed by atoms with E-state index < -0.39 is 0 Å². The Hall–Kier alpha value is -1.51. The molecular formula is C13H17NO2. The molecule has 1 aromatic rings. The molecule has 1 aromatic carbocycles. The van der Waals surface area contributed by atoms with E-state index in [1.807, 2.05) is 18.2 Å². The number of esters is 1. The average Bonchev–Trinajstić information content (AvgIpc) is 2.41. The lowest BCUT2D eigenvalue weighted by molar-refractivity contribution is -0.147. The van der Waals surface area contributed by atoms with Crippen LogP contribution in [0.3, 0.4) is 0 Å². The van der Waals surface area contributed by atoms with Crippen molar-refractivity contribution in [1.29, 1.82) is 0 Å². The Bertz CT molecular complexity index is 401. The average molecular weight is 219 g/mol. The normalized spacial score (nSPS) is 19.7. The monoisotopic (exact) mass is 219 g/mol. The zero-order valence-electron chi connectivity index (χ0n) is 9.53. The van der Waals surface area contributed by atoms with Gasteiger partial charge in [0, 0.05) is 12.6 Å². The summed E-state index contributed by atoms with van der Waals surface area (Å²) in [6.07, 6.45) is 4.07. The Labute approximate surface area is 95.6 Å². The van der Waals surface area contributed by atoms with Crippen LogP contribution in [0, 0.1) is 0 Å². The minimum Gasteiger partial charge on any atom is -0.458 e. The standard InChI is InChI=1S/C13H17NO2/c1-9(15)16-13-5-3-2-4-10-6-7-11(14)8-12(10)13/h6-8,13H,2-5,14H2,1H3. The molecule has 0 fully saturated rings. The number of anilines is 1. The number of aryl methyl sites for hydroxylation is 1. The second kappa shape index (κ2) is 4.56. The number of carbonyl (C=O) groups excluding carboxylic acids is 1. The van der Waals surface area contributed by atoms with Crippen molar-refractivity contribution in [3.8, 4) is 0 Å². The summed E-state index contributed by atoms with van der Waals surface area (Å²) >= 11 is 0. The highest BCUT2D eigenvalue weighted by Crippen LogP contribution is 2.32. The number of carbonyl (C=O) groups is 1. The lowest BCUT2D eigenvalue weighted by Crippen LogP contribution is -2.09. The number of rotatable bonds is 1. The first-order chi connectivity index (χ1) is 7.66. The molecular weight excluding hydrogens is 202 g/mol. The molecule has 0 saturated carbocycles. The van der Waals surface area contributed by atoms with E-state index in [0.29, 0.717) is 0 Å². The maximum Gasteiger partial charge on any atom is 0.303 e. The lowest BCUT2D eigenvalue weighted by Gasteiger charge is -2.17. The molecule has 0 spiro atoms. The Kier molecular flexibility index (Phi) is 3.13. The summed E-state index contributed by atoms with van der Waals surface area (Å²) in [7, 11) is 0. The maximum absolute atomic E-state index is 11.1. The van der Waals surface area contributed by atoms with Crippen molar-refractivity contribution >= 4 is 11.7 Å². The van der Waals surface area contributed by atoms with Crippen molar-refractivity contribution < 1.29 is 9.53 Å². The van der Waals surface area contributed by atoms with E-state index in [-0.39, 0.29) is 12.1 Å². The Morgan fingerprint density at radius 3 is 3.00 bits per heavy atom. The molecule has 0 amide bonds. The van der Waals surface area contributed by atoms with Crippen LogP contribution in [0.5, 0.6) is 0 Å². The van der Waals surface area contributed by atoms with Crippen molar-refractivity contribution in [1.82, 2.24) is 0 Å². The first-order valence-electron chi connectivity index (χ1n) is 5.72. The van der Waals surface area contributed by atoms with E-state index in [1.54, 1.807) is 0 Å². The fourth-order valence-corrected chi connectivity index (χ4v) is 2.26. The molecule has 16 heavy (non-hydrogen) atoms. The predicted molar refractivity (Wildman–Crippen MR) is 62.9 cm³/mol. The van der Waals surface area contributed by atoms with Crippen LogP contribution >= 0.6 is 0 Å². The van der Waals surface area contributed by atoms with Crippen LogP contribution in [-0.4, -0.2) is 5.97 Å². The van der Waals surface area contributed by atoms with Gasteiger partial charge < -0.3 is 10.5 Å². The fraction of sp³-hybridized carbons (Fsp3) is 0.462. The lowest BCUT2D eigenvalue weighted by atomic mass is 10.0. The van der Waals surface area contributed by atoms with Crippen LogP contribution in [0.1, 0.15) is 43.4 Å². The highest BCUT2D eigenvalue weighted by atomic mass is 16.5. The topological polar surface area (TPSA) is 52.3 Å². The predicted octanol–water partition coefficient (Wildman–Crippen LogP) is 2.60. The van der Waals surface area contributed by atoms with Gasteiger partial charge in [0.25, 0.3) is 0 Å². The van der Waals surface area contributed by atoms with Crippen molar-refractivity contribution in [3.05, 3.63) is 29.3 Å². The number of hydrogen-bond donors (Lipinski definition) is 1. The molecule has 1 unspecified atom stereocenters. The SMILES string of the molecule is CC(=O)OC1CCCCc2ccc(N)cc21. The second-order valence-electron chi connectivity index (χ2n) is 4.30. The number of nitrogen functional groups attached to an aromatic ring is 1. The van der Waals surface area contributed by atoms with Crippen LogP contribution < -0.4 is 5.73 Å². The first-order valence-corrected chi connectivity index (χ1v) is 5.72. The van der Waals surface area contributed by atoms with Gasteiger partial charge in [-0.15, -0.1) is 0 Å². The zero-order chi connectivity index (χ0) is 11.5. The van der Waals surface area contributed by atoms with Gasteiger partial charge in [0.2, 0.25) is 0 Å². The van der Waals surface area contributed by atoms with Gasteiger partial charge in [0.15, 0.2) is 0 Å². The molecule has 3 nitrogen and oxygen atoms in total. The summed E-state index contributed by atoms with van der Waals surface area (Å²) in [6.45, 7) is 1.46. The molecule has 0 bridgehead atoms. The molecule has 1 atom stereocenters. The highest BCUT2D eigenvalue weighted by Gasteiger charge is 2.21. The van der Waals surface area contributed by atoms with Crippen LogP contribution in [0.4, 0.5) is 5.69 Å². The Balaban J connectivity index is 2.34.